The highest BCUT2D eigenvalue weighted by Crippen LogP contribution is 2.30. The van der Waals surface area contributed by atoms with E-state index in [2.05, 4.69) is 51.7 Å². The minimum atomic E-state index is 0.254. The van der Waals surface area contributed by atoms with Crippen LogP contribution in [0, 0.1) is 0 Å². The summed E-state index contributed by atoms with van der Waals surface area (Å²) in [5.41, 5.74) is 11.0. The highest BCUT2D eigenvalue weighted by Gasteiger charge is 2.23. The molecule has 1 aromatic heterocycles. The van der Waals surface area contributed by atoms with Crippen molar-refractivity contribution in [1.82, 2.24) is 9.55 Å². The van der Waals surface area contributed by atoms with Gasteiger partial charge in [0.05, 0.1) is 5.69 Å². The van der Waals surface area contributed by atoms with E-state index in [4.69, 9.17) is 10.7 Å². The fourth-order valence-corrected chi connectivity index (χ4v) is 3.45. The van der Waals surface area contributed by atoms with Crippen LogP contribution in [0.1, 0.15) is 31.0 Å². The second kappa shape index (κ2) is 5.70. The van der Waals surface area contributed by atoms with E-state index in [0.29, 0.717) is 0 Å². The lowest BCUT2D eigenvalue weighted by Gasteiger charge is -2.21. The van der Waals surface area contributed by atoms with Gasteiger partial charge in [-0.3, -0.25) is 0 Å². The summed E-state index contributed by atoms with van der Waals surface area (Å²) in [7, 11) is 0. The molecule has 2 aromatic rings. The predicted octanol–water partition coefficient (Wildman–Crippen LogP) is 3.54. The van der Waals surface area contributed by atoms with E-state index >= 15 is 0 Å². The number of benzene rings is 1. The van der Waals surface area contributed by atoms with Gasteiger partial charge in [0, 0.05) is 30.3 Å². The molecular formula is C16H20BrN3. The standard InChI is InChI=1S/C16H20BrN3/c1-2-3-11-4-6-12(7-5-11)15-14-10-13(18)8-9-20(14)16(17)19-15/h4-7,13H,2-3,8-10,18H2,1H3. The first-order valence-corrected chi connectivity index (χ1v) is 8.08. The molecular weight excluding hydrogens is 314 g/mol. The number of aromatic nitrogens is 2. The van der Waals surface area contributed by atoms with Gasteiger partial charge in [-0.2, -0.15) is 0 Å². The van der Waals surface area contributed by atoms with Crippen LogP contribution < -0.4 is 5.73 Å². The summed E-state index contributed by atoms with van der Waals surface area (Å²) in [6.07, 6.45) is 4.25. The number of hydrogen-bond acceptors (Lipinski definition) is 2. The van der Waals surface area contributed by atoms with Crippen LogP contribution in [-0.4, -0.2) is 15.6 Å². The van der Waals surface area contributed by atoms with E-state index in [1.54, 1.807) is 0 Å². The number of hydrogen-bond donors (Lipinski definition) is 1. The molecule has 0 spiro atoms. The second-order valence-electron chi connectivity index (χ2n) is 5.53. The molecule has 2 N–H and O–H groups in total. The Morgan fingerprint density at radius 1 is 1.35 bits per heavy atom. The summed E-state index contributed by atoms with van der Waals surface area (Å²) >= 11 is 3.57. The molecule has 0 fully saturated rings. The van der Waals surface area contributed by atoms with Crippen LogP contribution >= 0.6 is 15.9 Å². The smallest absolute Gasteiger partial charge is 0.177 e. The van der Waals surface area contributed by atoms with Gasteiger partial charge in [0.1, 0.15) is 0 Å². The first-order valence-electron chi connectivity index (χ1n) is 7.29. The molecule has 0 radical (unpaired) electrons. The molecule has 1 aliphatic heterocycles. The molecule has 1 atom stereocenters. The van der Waals surface area contributed by atoms with E-state index in [1.165, 1.54) is 23.2 Å². The molecule has 1 aromatic carbocycles. The van der Waals surface area contributed by atoms with Gasteiger partial charge in [0.2, 0.25) is 0 Å². The van der Waals surface area contributed by atoms with Crippen molar-refractivity contribution in [3.05, 3.63) is 40.3 Å². The van der Waals surface area contributed by atoms with Crippen LogP contribution in [-0.2, 0) is 19.4 Å². The third-order valence-electron chi connectivity index (χ3n) is 3.97. The zero-order chi connectivity index (χ0) is 14.1. The molecule has 0 saturated heterocycles. The Bertz CT molecular complexity index is 601. The number of nitrogens with zero attached hydrogens (tertiary/aromatic N) is 2. The van der Waals surface area contributed by atoms with E-state index in [-0.39, 0.29) is 6.04 Å². The molecule has 3 nitrogen and oxygen atoms in total. The zero-order valence-corrected chi connectivity index (χ0v) is 13.4. The Kier molecular flexibility index (Phi) is 3.94. The normalized spacial score (nSPS) is 18.1. The number of imidazole rings is 1. The van der Waals surface area contributed by atoms with Crippen molar-refractivity contribution < 1.29 is 0 Å². The monoisotopic (exact) mass is 333 g/mol. The topological polar surface area (TPSA) is 43.8 Å². The molecule has 1 unspecified atom stereocenters. The Hall–Kier alpha value is -1.13. The van der Waals surface area contributed by atoms with Gasteiger partial charge in [-0.1, -0.05) is 37.6 Å². The molecule has 3 rings (SSSR count). The quantitative estimate of drug-likeness (QED) is 0.933. The summed E-state index contributed by atoms with van der Waals surface area (Å²) in [5.74, 6) is 0. The van der Waals surface area contributed by atoms with Crippen molar-refractivity contribution in [1.29, 1.82) is 0 Å². The highest BCUT2D eigenvalue weighted by molar-refractivity contribution is 9.10. The maximum atomic E-state index is 6.11. The van der Waals surface area contributed by atoms with E-state index in [1.807, 2.05) is 0 Å². The predicted molar refractivity (Wildman–Crippen MR) is 85.7 cm³/mol. The summed E-state index contributed by atoms with van der Waals surface area (Å²) in [6.45, 7) is 3.16. The van der Waals surface area contributed by atoms with E-state index in [0.717, 1.165) is 36.2 Å². The average molecular weight is 334 g/mol. The van der Waals surface area contributed by atoms with Crippen molar-refractivity contribution in [2.24, 2.45) is 5.73 Å². The van der Waals surface area contributed by atoms with Gasteiger partial charge in [-0.25, -0.2) is 4.98 Å². The zero-order valence-electron chi connectivity index (χ0n) is 11.8. The summed E-state index contributed by atoms with van der Waals surface area (Å²) in [6, 6.07) is 9.04. The summed E-state index contributed by atoms with van der Waals surface area (Å²) in [4.78, 5) is 4.70. The maximum Gasteiger partial charge on any atom is 0.177 e. The molecule has 0 aliphatic carbocycles. The largest absolute Gasteiger partial charge is 0.327 e. The van der Waals surface area contributed by atoms with Crippen molar-refractivity contribution in [3.8, 4) is 11.3 Å². The summed E-state index contributed by atoms with van der Waals surface area (Å²) < 4.78 is 3.17. The first kappa shape index (κ1) is 13.8. The third kappa shape index (κ3) is 2.54. The second-order valence-corrected chi connectivity index (χ2v) is 6.24. The maximum absolute atomic E-state index is 6.11. The van der Waals surface area contributed by atoms with Crippen molar-refractivity contribution in [3.63, 3.8) is 0 Å². The molecule has 1 aliphatic rings. The van der Waals surface area contributed by atoms with Gasteiger partial charge < -0.3 is 10.3 Å². The van der Waals surface area contributed by atoms with E-state index < -0.39 is 0 Å². The Morgan fingerprint density at radius 3 is 2.80 bits per heavy atom. The van der Waals surface area contributed by atoms with Gasteiger partial charge in [-0.05, 0) is 34.3 Å². The minimum Gasteiger partial charge on any atom is -0.327 e. The lowest BCUT2D eigenvalue weighted by atomic mass is 9.99. The van der Waals surface area contributed by atoms with Crippen LogP contribution in [0.4, 0.5) is 0 Å². The number of rotatable bonds is 3. The van der Waals surface area contributed by atoms with Gasteiger partial charge in [-0.15, -0.1) is 0 Å². The molecule has 4 heteroatoms. The van der Waals surface area contributed by atoms with Gasteiger partial charge in [0.15, 0.2) is 4.73 Å². The van der Waals surface area contributed by atoms with Crippen LogP contribution in [0.5, 0.6) is 0 Å². The average Bonchev–Trinajstić information content (AvgIpc) is 2.77. The van der Waals surface area contributed by atoms with Crippen molar-refractivity contribution in [2.75, 3.05) is 0 Å². The number of halogens is 1. The van der Waals surface area contributed by atoms with Gasteiger partial charge >= 0.3 is 0 Å². The molecule has 0 bridgehead atoms. The lowest BCUT2D eigenvalue weighted by molar-refractivity contribution is 0.467. The molecule has 2 heterocycles. The molecule has 20 heavy (non-hydrogen) atoms. The van der Waals surface area contributed by atoms with E-state index in [9.17, 15) is 0 Å². The van der Waals surface area contributed by atoms with Crippen LogP contribution in [0.3, 0.4) is 0 Å². The summed E-state index contributed by atoms with van der Waals surface area (Å²) in [5, 5.41) is 0. The SMILES string of the molecule is CCCc1ccc(-c2nc(Br)n3c2CC(N)CC3)cc1. The number of fused-ring (bicyclic) bond motifs is 1. The molecule has 0 amide bonds. The number of aryl methyl sites for hydroxylation is 1. The lowest BCUT2D eigenvalue weighted by Crippen LogP contribution is -2.30. The van der Waals surface area contributed by atoms with Crippen molar-refractivity contribution in [2.45, 2.75) is 45.2 Å². The first-order chi connectivity index (χ1) is 9.69. The van der Waals surface area contributed by atoms with Crippen LogP contribution in [0.25, 0.3) is 11.3 Å². The highest BCUT2D eigenvalue weighted by atomic mass is 79.9. The minimum absolute atomic E-state index is 0.254. The Labute approximate surface area is 128 Å². The molecule has 0 saturated carbocycles. The van der Waals surface area contributed by atoms with Crippen molar-refractivity contribution >= 4 is 15.9 Å². The Balaban J connectivity index is 1.98. The Morgan fingerprint density at radius 2 is 2.10 bits per heavy atom. The fraction of sp³-hybridized carbons (Fsp3) is 0.438. The molecule has 106 valence electrons. The van der Waals surface area contributed by atoms with Crippen LogP contribution in [0.15, 0.2) is 29.0 Å². The fourth-order valence-electron chi connectivity index (χ4n) is 2.88. The van der Waals surface area contributed by atoms with Gasteiger partial charge in [0.25, 0.3) is 0 Å². The number of nitrogens with two attached hydrogens (primary N) is 1. The van der Waals surface area contributed by atoms with Crippen LogP contribution in [0.2, 0.25) is 0 Å². The third-order valence-corrected chi connectivity index (χ3v) is 4.58.